The summed E-state index contributed by atoms with van der Waals surface area (Å²) < 4.78 is 5.90. The molecule has 1 unspecified atom stereocenters. The van der Waals surface area contributed by atoms with Gasteiger partial charge in [0.2, 0.25) is 11.8 Å². The third-order valence-corrected chi connectivity index (χ3v) is 4.92. The molecular formula is C21H33N3O3. The Morgan fingerprint density at radius 1 is 1.26 bits per heavy atom. The fraction of sp³-hybridized carbons (Fsp3) is 0.619. The summed E-state index contributed by atoms with van der Waals surface area (Å²) in [5, 5.41) is 2.71. The zero-order valence-corrected chi connectivity index (χ0v) is 16.7. The second-order valence-corrected chi connectivity index (χ2v) is 7.62. The van der Waals surface area contributed by atoms with E-state index in [9.17, 15) is 9.59 Å². The molecule has 1 aromatic carbocycles. The standard InChI is InChI=1S/C21H33N3O3/c1-15(2)13-17(22)21(26)24(19-11-7-8-12-27-19)18(20(25)23-3)14-16-9-5-4-6-10-16/h4-6,9-10,15,17-19H,7-8,11-14,22H2,1-3H3,(H,23,25)/t17-,18-,19?/m0/s1. The Kier molecular flexibility index (Phi) is 8.25. The van der Waals surface area contributed by atoms with Crippen molar-refractivity contribution < 1.29 is 14.3 Å². The predicted octanol–water partition coefficient (Wildman–Crippen LogP) is 2.07. The second kappa shape index (κ2) is 10.4. The van der Waals surface area contributed by atoms with E-state index in [1.807, 2.05) is 44.2 Å². The molecule has 0 bridgehead atoms. The molecule has 2 amide bonds. The van der Waals surface area contributed by atoms with Crippen LogP contribution in [0.3, 0.4) is 0 Å². The molecule has 150 valence electrons. The van der Waals surface area contributed by atoms with Crippen molar-refractivity contribution in [1.82, 2.24) is 10.2 Å². The SMILES string of the molecule is CNC(=O)[C@H](Cc1ccccc1)N(C(=O)[C@@H](N)CC(C)C)C1CCCCO1. The van der Waals surface area contributed by atoms with E-state index in [0.717, 1.165) is 24.8 Å². The molecule has 1 heterocycles. The van der Waals surface area contributed by atoms with E-state index < -0.39 is 18.3 Å². The lowest BCUT2D eigenvalue weighted by Gasteiger charge is -2.40. The summed E-state index contributed by atoms with van der Waals surface area (Å²) in [7, 11) is 1.60. The lowest BCUT2D eigenvalue weighted by Crippen LogP contribution is -2.59. The van der Waals surface area contributed by atoms with Crippen LogP contribution in [0, 0.1) is 5.92 Å². The van der Waals surface area contributed by atoms with Gasteiger partial charge in [0.1, 0.15) is 12.3 Å². The number of carbonyl (C=O) groups excluding carboxylic acids is 2. The minimum Gasteiger partial charge on any atom is -0.358 e. The Hall–Kier alpha value is -1.92. The molecule has 1 fully saturated rings. The number of hydrogen-bond donors (Lipinski definition) is 2. The van der Waals surface area contributed by atoms with Gasteiger partial charge in [-0.05, 0) is 37.2 Å². The van der Waals surface area contributed by atoms with Crippen molar-refractivity contribution in [1.29, 1.82) is 0 Å². The van der Waals surface area contributed by atoms with Gasteiger partial charge in [-0.15, -0.1) is 0 Å². The van der Waals surface area contributed by atoms with Gasteiger partial charge in [-0.3, -0.25) is 9.59 Å². The molecule has 1 aliphatic heterocycles. The lowest BCUT2D eigenvalue weighted by molar-refractivity contribution is -0.163. The number of amides is 2. The number of ether oxygens (including phenoxy) is 1. The topological polar surface area (TPSA) is 84.7 Å². The van der Waals surface area contributed by atoms with E-state index in [1.54, 1.807) is 11.9 Å². The average Bonchev–Trinajstić information content (AvgIpc) is 2.67. The fourth-order valence-corrected chi connectivity index (χ4v) is 3.56. The Morgan fingerprint density at radius 2 is 1.96 bits per heavy atom. The maximum absolute atomic E-state index is 13.3. The van der Waals surface area contributed by atoms with E-state index in [4.69, 9.17) is 10.5 Å². The van der Waals surface area contributed by atoms with Crippen molar-refractivity contribution in [3.63, 3.8) is 0 Å². The van der Waals surface area contributed by atoms with E-state index in [1.165, 1.54) is 0 Å². The minimum absolute atomic E-state index is 0.196. The van der Waals surface area contributed by atoms with Gasteiger partial charge in [0, 0.05) is 20.1 Å². The van der Waals surface area contributed by atoms with Gasteiger partial charge < -0.3 is 20.7 Å². The van der Waals surface area contributed by atoms with E-state index in [0.29, 0.717) is 25.4 Å². The van der Waals surface area contributed by atoms with Crippen LogP contribution in [-0.2, 0) is 20.7 Å². The van der Waals surface area contributed by atoms with E-state index >= 15 is 0 Å². The summed E-state index contributed by atoms with van der Waals surface area (Å²) in [6, 6.07) is 8.45. The number of nitrogens with zero attached hydrogens (tertiary/aromatic N) is 1. The summed E-state index contributed by atoms with van der Waals surface area (Å²) >= 11 is 0. The van der Waals surface area contributed by atoms with Gasteiger partial charge in [-0.1, -0.05) is 44.2 Å². The van der Waals surface area contributed by atoms with Crippen LogP contribution in [0.15, 0.2) is 30.3 Å². The van der Waals surface area contributed by atoms with Gasteiger partial charge in [-0.25, -0.2) is 0 Å². The average molecular weight is 376 g/mol. The van der Waals surface area contributed by atoms with Crippen LogP contribution in [0.1, 0.15) is 45.1 Å². The van der Waals surface area contributed by atoms with Gasteiger partial charge in [-0.2, -0.15) is 0 Å². The van der Waals surface area contributed by atoms with Crippen LogP contribution >= 0.6 is 0 Å². The first-order valence-electron chi connectivity index (χ1n) is 9.89. The molecular weight excluding hydrogens is 342 g/mol. The van der Waals surface area contributed by atoms with Crippen LogP contribution in [0.4, 0.5) is 0 Å². The third-order valence-electron chi connectivity index (χ3n) is 4.92. The summed E-state index contributed by atoms with van der Waals surface area (Å²) in [5.74, 6) is -0.107. The molecule has 0 aromatic heterocycles. The van der Waals surface area contributed by atoms with Gasteiger partial charge in [0.25, 0.3) is 0 Å². The monoisotopic (exact) mass is 375 g/mol. The molecule has 3 N–H and O–H groups in total. The van der Waals surface area contributed by atoms with Gasteiger partial charge in [0.15, 0.2) is 0 Å². The zero-order chi connectivity index (χ0) is 19.8. The van der Waals surface area contributed by atoms with Crippen LogP contribution < -0.4 is 11.1 Å². The minimum atomic E-state index is -0.647. The molecule has 6 heteroatoms. The molecule has 1 aromatic rings. The normalized spacial score (nSPS) is 19.4. The Balaban J connectivity index is 2.33. The Bertz CT molecular complexity index is 600. The molecule has 6 nitrogen and oxygen atoms in total. The van der Waals surface area contributed by atoms with Crippen LogP contribution in [0.5, 0.6) is 0 Å². The molecule has 1 aliphatic rings. The van der Waals surface area contributed by atoms with Crippen molar-refractivity contribution >= 4 is 11.8 Å². The van der Waals surface area contributed by atoms with E-state index in [-0.39, 0.29) is 11.8 Å². The number of likely N-dealkylation sites (N-methyl/N-ethyl adjacent to an activating group) is 1. The number of carbonyl (C=O) groups is 2. The number of hydrogen-bond acceptors (Lipinski definition) is 4. The van der Waals surface area contributed by atoms with Crippen molar-refractivity contribution in [3.05, 3.63) is 35.9 Å². The fourth-order valence-electron chi connectivity index (χ4n) is 3.56. The number of nitrogens with two attached hydrogens (primary N) is 1. The maximum Gasteiger partial charge on any atom is 0.242 e. The molecule has 0 saturated carbocycles. The number of benzene rings is 1. The molecule has 1 saturated heterocycles. The predicted molar refractivity (Wildman–Crippen MR) is 106 cm³/mol. The highest BCUT2D eigenvalue weighted by atomic mass is 16.5. The largest absolute Gasteiger partial charge is 0.358 e. The van der Waals surface area contributed by atoms with Crippen molar-refractivity contribution in [2.75, 3.05) is 13.7 Å². The Labute approximate surface area is 162 Å². The van der Waals surface area contributed by atoms with Crippen molar-refractivity contribution in [2.24, 2.45) is 11.7 Å². The summed E-state index contributed by atoms with van der Waals surface area (Å²) in [5.41, 5.74) is 7.22. The zero-order valence-electron chi connectivity index (χ0n) is 16.7. The first kappa shape index (κ1) is 21.4. The third kappa shape index (κ3) is 6.04. The van der Waals surface area contributed by atoms with Crippen LogP contribution in [-0.4, -0.2) is 48.7 Å². The van der Waals surface area contributed by atoms with Crippen LogP contribution in [0.2, 0.25) is 0 Å². The summed E-state index contributed by atoms with van der Waals surface area (Å²) in [4.78, 5) is 27.6. The number of rotatable bonds is 8. The van der Waals surface area contributed by atoms with E-state index in [2.05, 4.69) is 5.32 Å². The lowest BCUT2D eigenvalue weighted by atomic mass is 9.98. The van der Waals surface area contributed by atoms with Crippen LogP contribution in [0.25, 0.3) is 0 Å². The molecule has 3 atom stereocenters. The maximum atomic E-state index is 13.3. The van der Waals surface area contributed by atoms with Gasteiger partial charge in [0.05, 0.1) is 6.04 Å². The first-order valence-corrected chi connectivity index (χ1v) is 9.89. The van der Waals surface area contributed by atoms with Gasteiger partial charge >= 0.3 is 0 Å². The quantitative estimate of drug-likeness (QED) is 0.728. The molecule has 0 spiro atoms. The highest BCUT2D eigenvalue weighted by Crippen LogP contribution is 2.23. The smallest absolute Gasteiger partial charge is 0.242 e. The first-order chi connectivity index (χ1) is 12.9. The molecule has 0 radical (unpaired) electrons. The Morgan fingerprint density at radius 3 is 2.52 bits per heavy atom. The molecule has 2 rings (SSSR count). The summed E-state index contributed by atoms with van der Waals surface area (Å²) in [6.45, 7) is 4.67. The van der Waals surface area contributed by atoms with Crippen molar-refractivity contribution in [3.8, 4) is 0 Å². The highest BCUT2D eigenvalue weighted by Gasteiger charge is 2.38. The molecule has 0 aliphatic carbocycles. The number of nitrogens with one attached hydrogen (secondary N) is 1. The second-order valence-electron chi connectivity index (χ2n) is 7.62. The molecule has 27 heavy (non-hydrogen) atoms. The highest BCUT2D eigenvalue weighted by molar-refractivity contribution is 5.90. The summed E-state index contributed by atoms with van der Waals surface area (Å²) in [6.07, 6.45) is 3.27. The van der Waals surface area contributed by atoms with Crippen molar-refractivity contribution in [2.45, 2.75) is 64.3 Å².